The molecule has 1 aliphatic heterocycles. The normalized spacial score (nSPS) is 12.5. The molecule has 226 valence electrons. The van der Waals surface area contributed by atoms with Crippen LogP contribution in [0.15, 0.2) is 65.7 Å². The lowest BCUT2D eigenvalue weighted by atomic mass is 10.2. The number of hydrogen-bond donors (Lipinski definition) is 4. The number of hydrogen-bond acceptors (Lipinski definition) is 10. The molecule has 0 saturated carbocycles. The maximum atomic E-state index is 15.9. The summed E-state index contributed by atoms with van der Waals surface area (Å²) in [6.45, 7) is 1.34. The van der Waals surface area contributed by atoms with Gasteiger partial charge in [0.15, 0.2) is 23.0 Å². The van der Waals surface area contributed by atoms with Crippen LogP contribution in [0.4, 0.5) is 8.78 Å². The van der Waals surface area contributed by atoms with Gasteiger partial charge in [-0.25, -0.2) is 4.79 Å². The van der Waals surface area contributed by atoms with E-state index in [0.717, 1.165) is 24.7 Å². The van der Waals surface area contributed by atoms with E-state index in [-0.39, 0.29) is 40.0 Å². The van der Waals surface area contributed by atoms with E-state index in [1.165, 1.54) is 31.4 Å². The molecule has 5 N–H and O–H groups in total. The van der Waals surface area contributed by atoms with E-state index in [2.05, 4.69) is 9.98 Å². The third-order valence-electron chi connectivity index (χ3n) is 6.44. The Labute approximate surface area is 249 Å². The Hall–Kier alpha value is -5.92. The average molecular weight is 606 g/mol. The molecule has 1 aromatic heterocycles. The maximum absolute atomic E-state index is 15.9. The van der Waals surface area contributed by atoms with Crippen molar-refractivity contribution in [2.45, 2.75) is 0 Å². The first-order valence-corrected chi connectivity index (χ1v) is 12.9. The number of benzene rings is 3. The zero-order valence-electron chi connectivity index (χ0n) is 23.3. The topological polar surface area (TPSA) is 173 Å². The van der Waals surface area contributed by atoms with Crippen molar-refractivity contribution in [2.24, 2.45) is 10.7 Å². The minimum absolute atomic E-state index is 0.130. The highest BCUT2D eigenvalue weighted by Crippen LogP contribution is 2.43. The number of carboxylic acid groups (broad SMARTS) is 1. The molecule has 44 heavy (non-hydrogen) atoms. The maximum Gasteiger partial charge on any atom is 0.335 e. The van der Waals surface area contributed by atoms with Crippen molar-refractivity contribution in [3.63, 3.8) is 0 Å². The number of rotatable bonds is 10. The van der Waals surface area contributed by atoms with Crippen molar-refractivity contribution in [3.05, 3.63) is 89.0 Å². The standard InChI is InChI=1S/C30H25F2N5O7/c1-37-11-10-35-27(37)16-4-3-5-18(12-16)42-28-23(31)25(43-20-9-7-17(30(39)40)14-22(20)41-2)24(32)29(36-28)44-21-13-15(26(33)34)6-8-19(21)38/h3-9,12-14,38H,10-11H2,1-2H3,(H3,33,34)(H,39,40). The lowest BCUT2D eigenvalue weighted by Crippen LogP contribution is -2.23. The van der Waals surface area contributed by atoms with E-state index < -0.39 is 40.9 Å². The quantitative estimate of drug-likeness (QED) is 0.140. The summed E-state index contributed by atoms with van der Waals surface area (Å²) < 4.78 is 53.8. The first-order valence-electron chi connectivity index (χ1n) is 12.9. The number of likely N-dealkylation sites (N-methyl/N-ethyl adjacent to an activating group) is 1. The van der Waals surface area contributed by atoms with Gasteiger partial charge in [-0.15, -0.1) is 0 Å². The molecule has 2 heterocycles. The molecule has 3 aromatic carbocycles. The molecule has 0 amide bonds. The lowest BCUT2D eigenvalue weighted by molar-refractivity contribution is 0.0696. The van der Waals surface area contributed by atoms with Gasteiger partial charge in [-0.2, -0.15) is 13.8 Å². The van der Waals surface area contributed by atoms with E-state index >= 15 is 8.78 Å². The van der Waals surface area contributed by atoms with Gasteiger partial charge in [-0.3, -0.25) is 10.4 Å². The molecular weight excluding hydrogens is 580 g/mol. The van der Waals surface area contributed by atoms with Crippen molar-refractivity contribution in [3.8, 4) is 46.3 Å². The molecular formula is C30H25F2N5O7. The van der Waals surface area contributed by atoms with Crippen LogP contribution in [0.25, 0.3) is 0 Å². The van der Waals surface area contributed by atoms with Crippen molar-refractivity contribution in [2.75, 3.05) is 27.2 Å². The van der Waals surface area contributed by atoms with E-state index in [1.54, 1.807) is 18.2 Å². The average Bonchev–Trinajstić information content (AvgIpc) is 3.44. The van der Waals surface area contributed by atoms with Gasteiger partial charge < -0.3 is 39.8 Å². The fraction of sp³-hybridized carbons (Fsp3) is 0.133. The summed E-state index contributed by atoms with van der Waals surface area (Å²) in [6.07, 6.45) is 0. The van der Waals surface area contributed by atoms with Gasteiger partial charge in [0.25, 0.3) is 11.8 Å². The monoisotopic (exact) mass is 605 g/mol. The Kier molecular flexibility index (Phi) is 8.15. The summed E-state index contributed by atoms with van der Waals surface area (Å²) in [5.41, 5.74) is 6.20. The Bertz CT molecular complexity index is 1820. The molecule has 14 heteroatoms. The Morgan fingerprint density at radius 1 is 0.955 bits per heavy atom. The highest BCUT2D eigenvalue weighted by atomic mass is 19.1. The van der Waals surface area contributed by atoms with E-state index in [1.807, 2.05) is 11.9 Å². The minimum Gasteiger partial charge on any atom is -0.504 e. The number of phenols is 1. The number of aromatic carboxylic acids is 1. The number of aliphatic imine (C=N–C) groups is 1. The summed E-state index contributed by atoms with van der Waals surface area (Å²) in [5, 5.41) is 27.3. The second kappa shape index (κ2) is 12.1. The summed E-state index contributed by atoms with van der Waals surface area (Å²) in [4.78, 5) is 21.7. The van der Waals surface area contributed by atoms with Crippen molar-refractivity contribution >= 4 is 17.6 Å². The largest absolute Gasteiger partial charge is 0.504 e. The molecule has 1 aliphatic rings. The summed E-state index contributed by atoms with van der Waals surface area (Å²) >= 11 is 0. The molecule has 0 radical (unpaired) electrons. The number of aromatic nitrogens is 1. The van der Waals surface area contributed by atoms with E-state index in [9.17, 15) is 15.0 Å². The molecule has 0 atom stereocenters. The number of ether oxygens (including phenoxy) is 4. The molecule has 5 rings (SSSR count). The van der Waals surface area contributed by atoms with Gasteiger partial charge in [-0.05, 0) is 48.5 Å². The molecule has 0 aliphatic carbocycles. The van der Waals surface area contributed by atoms with Crippen LogP contribution in [-0.4, -0.2) is 65.0 Å². The number of carboxylic acids is 1. The number of pyridine rings is 1. The van der Waals surface area contributed by atoms with E-state index in [0.29, 0.717) is 17.9 Å². The van der Waals surface area contributed by atoms with Gasteiger partial charge in [0.1, 0.15) is 17.4 Å². The van der Waals surface area contributed by atoms with Crippen LogP contribution < -0.4 is 24.7 Å². The summed E-state index contributed by atoms with van der Waals surface area (Å²) in [6, 6.07) is 13.7. The molecule has 4 aromatic rings. The molecule has 0 spiro atoms. The zero-order valence-corrected chi connectivity index (χ0v) is 23.3. The smallest absolute Gasteiger partial charge is 0.335 e. The van der Waals surface area contributed by atoms with Crippen LogP contribution in [0.3, 0.4) is 0 Å². The van der Waals surface area contributed by atoms with Gasteiger partial charge in [-0.1, -0.05) is 12.1 Å². The number of methoxy groups -OCH3 is 1. The van der Waals surface area contributed by atoms with E-state index in [4.69, 9.17) is 30.1 Å². The Balaban J connectivity index is 1.60. The third-order valence-corrected chi connectivity index (χ3v) is 6.44. The highest BCUT2D eigenvalue weighted by molar-refractivity contribution is 6.00. The van der Waals surface area contributed by atoms with Crippen molar-refractivity contribution in [1.82, 2.24) is 9.88 Å². The Morgan fingerprint density at radius 2 is 1.66 bits per heavy atom. The minimum atomic E-state index is -1.43. The third kappa shape index (κ3) is 5.99. The number of phenolic OH excluding ortho intramolecular Hbond substituents is 1. The van der Waals surface area contributed by atoms with Gasteiger partial charge in [0.05, 0.1) is 19.2 Å². The lowest BCUT2D eigenvalue weighted by Gasteiger charge is -2.17. The van der Waals surface area contributed by atoms with Gasteiger partial charge >= 0.3 is 5.97 Å². The first-order chi connectivity index (χ1) is 21.0. The zero-order chi connectivity index (χ0) is 31.5. The van der Waals surface area contributed by atoms with Crippen LogP contribution in [0.2, 0.25) is 0 Å². The van der Waals surface area contributed by atoms with Crippen LogP contribution in [0.5, 0.6) is 46.3 Å². The number of carbonyl (C=O) groups is 1. The predicted molar refractivity (Wildman–Crippen MR) is 154 cm³/mol. The number of nitrogens with zero attached hydrogens (tertiary/aromatic N) is 3. The number of aromatic hydroxyl groups is 1. The van der Waals surface area contributed by atoms with Crippen LogP contribution in [-0.2, 0) is 0 Å². The van der Waals surface area contributed by atoms with Crippen LogP contribution in [0, 0.1) is 17.0 Å². The summed E-state index contributed by atoms with van der Waals surface area (Å²) in [5.74, 6) is -7.37. The van der Waals surface area contributed by atoms with Crippen LogP contribution >= 0.6 is 0 Å². The molecule has 0 saturated heterocycles. The summed E-state index contributed by atoms with van der Waals surface area (Å²) in [7, 11) is 3.10. The second-order valence-electron chi connectivity index (χ2n) is 9.41. The van der Waals surface area contributed by atoms with Crippen molar-refractivity contribution in [1.29, 1.82) is 5.41 Å². The molecule has 0 fully saturated rings. The number of nitrogens with two attached hydrogens (primary N) is 1. The number of halogens is 2. The van der Waals surface area contributed by atoms with Gasteiger partial charge in [0, 0.05) is 24.7 Å². The number of nitrogen functional groups attached to an aromatic ring is 1. The predicted octanol–water partition coefficient (Wildman–Crippen LogP) is 5.13. The van der Waals surface area contributed by atoms with Gasteiger partial charge in [0.2, 0.25) is 17.4 Å². The molecule has 0 bridgehead atoms. The Morgan fingerprint density at radius 3 is 2.32 bits per heavy atom. The fourth-order valence-electron chi connectivity index (χ4n) is 4.22. The second-order valence-corrected chi connectivity index (χ2v) is 9.41. The molecule has 12 nitrogen and oxygen atoms in total. The molecule has 0 unspecified atom stereocenters. The van der Waals surface area contributed by atoms with Crippen molar-refractivity contribution < 1.29 is 42.7 Å². The fourth-order valence-corrected chi connectivity index (χ4v) is 4.22. The number of amidine groups is 2. The SMILES string of the molecule is COc1cc(C(=O)O)ccc1Oc1c(F)c(Oc2cccc(C3=NCCN3C)c2)nc(Oc2cc(C(=N)N)ccc2O)c1F. The van der Waals surface area contributed by atoms with Crippen LogP contribution in [0.1, 0.15) is 21.5 Å². The number of nitrogens with one attached hydrogen (secondary N) is 1. The highest BCUT2D eigenvalue weighted by Gasteiger charge is 2.28. The first kappa shape index (κ1) is 29.6.